The first kappa shape index (κ1) is 39.2. The van der Waals surface area contributed by atoms with Crippen LogP contribution in [0.15, 0.2) is 192 Å². The third-order valence-electron chi connectivity index (χ3n) is 9.34. The molecule has 0 heterocycles. The maximum absolute atomic E-state index is 12.9. The Kier molecular flexibility index (Phi) is 11.6. The third-order valence-corrected chi connectivity index (χ3v) is 16.1. The van der Waals surface area contributed by atoms with Gasteiger partial charge in [-0.1, -0.05) is 170 Å². The Morgan fingerprint density at radius 1 is 0.327 bits per heavy atom. The van der Waals surface area contributed by atoms with Crippen LogP contribution in [0.2, 0.25) is 0 Å². The Morgan fingerprint density at radius 2 is 0.618 bits per heavy atom. The molecule has 0 radical (unpaired) electrons. The fraction of sp³-hybridized carbons (Fsp3) is 0. The topological polar surface area (TPSA) is 109 Å². The van der Waals surface area contributed by atoms with Gasteiger partial charge in [-0.15, -0.1) is 0 Å². The average molecular weight is 807 g/mol. The van der Waals surface area contributed by atoms with E-state index in [1.807, 2.05) is 97.1 Å². The molecule has 0 aromatic heterocycles. The predicted molar refractivity (Wildman–Crippen MR) is 231 cm³/mol. The molecule has 0 unspecified atom stereocenters. The SMILES string of the molecule is O=S(=O)(O)c1cccc2c(-c3c(P(c4ccccc4)c4ccccc4)ccc4c(S(=O)(=O)O)cccc34)c(P(c3ccccc3)c3ccccc3)ccc12.[NaH]. The summed E-state index contributed by atoms with van der Waals surface area (Å²) in [5.74, 6) is 0. The van der Waals surface area contributed by atoms with Crippen LogP contribution in [0.25, 0.3) is 32.7 Å². The van der Waals surface area contributed by atoms with Gasteiger partial charge in [0, 0.05) is 10.8 Å². The van der Waals surface area contributed by atoms with Crippen molar-refractivity contribution < 1.29 is 25.9 Å². The standard InChI is InChI=1S/C44H32O6P2S2.Na.H/c45-53(46,47)41-25-13-23-37-35(41)27-29-39(51(31-15-5-1-6-16-31)32-17-7-2-8-18-32)43(37)44-38-24-14-26-42(54(48,49)50)36(38)28-30-40(44)52(33-19-9-3-10-20-33)34-21-11-4-12-22-34;;/h1-30H,(H,45,46,47)(H,48,49,50);;. The first-order chi connectivity index (χ1) is 26.1. The summed E-state index contributed by atoms with van der Waals surface area (Å²) in [6.45, 7) is 0. The number of fused-ring (bicyclic) bond motifs is 2. The molecule has 0 saturated carbocycles. The minimum absolute atomic E-state index is 0. The molecule has 11 heteroatoms. The van der Waals surface area contributed by atoms with Crippen LogP contribution in [-0.2, 0) is 20.2 Å². The molecule has 268 valence electrons. The van der Waals surface area contributed by atoms with Crippen LogP contribution in [0.5, 0.6) is 0 Å². The van der Waals surface area contributed by atoms with Crippen molar-refractivity contribution in [3.05, 3.63) is 182 Å². The van der Waals surface area contributed by atoms with Crippen LogP contribution in [-0.4, -0.2) is 55.5 Å². The van der Waals surface area contributed by atoms with Crippen LogP contribution in [0, 0.1) is 0 Å². The van der Waals surface area contributed by atoms with Gasteiger partial charge in [0.25, 0.3) is 20.2 Å². The molecular weight excluding hydrogens is 774 g/mol. The van der Waals surface area contributed by atoms with Crippen LogP contribution >= 0.6 is 15.8 Å². The molecule has 0 aliphatic heterocycles. The summed E-state index contributed by atoms with van der Waals surface area (Å²) in [5, 5.41) is 7.83. The van der Waals surface area contributed by atoms with Gasteiger partial charge in [-0.2, -0.15) is 16.8 Å². The molecular formula is C44H33NaO6P2S2. The number of hydrogen-bond acceptors (Lipinski definition) is 4. The van der Waals surface area contributed by atoms with E-state index in [1.165, 1.54) is 12.1 Å². The van der Waals surface area contributed by atoms with Gasteiger partial charge in [-0.3, -0.25) is 9.11 Å². The fourth-order valence-corrected chi connectivity index (χ4v) is 13.5. The first-order valence-corrected chi connectivity index (χ1v) is 22.5. The van der Waals surface area contributed by atoms with E-state index in [0.29, 0.717) is 32.7 Å². The first-order valence-electron chi connectivity index (χ1n) is 17.0. The average Bonchev–Trinajstić information content (AvgIpc) is 3.18. The van der Waals surface area contributed by atoms with Gasteiger partial charge >= 0.3 is 29.6 Å². The van der Waals surface area contributed by atoms with E-state index in [-0.39, 0.29) is 39.3 Å². The van der Waals surface area contributed by atoms with Crippen LogP contribution in [0.4, 0.5) is 0 Å². The quantitative estimate of drug-likeness (QED) is 0.0923. The molecule has 0 fully saturated rings. The van der Waals surface area contributed by atoms with Crippen molar-refractivity contribution in [1.29, 1.82) is 0 Å². The molecule has 6 nitrogen and oxygen atoms in total. The van der Waals surface area contributed by atoms with Crippen molar-refractivity contribution in [2.75, 3.05) is 0 Å². The summed E-state index contributed by atoms with van der Waals surface area (Å²) < 4.78 is 72.8. The summed E-state index contributed by atoms with van der Waals surface area (Å²) in [6.07, 6.45) is 0. The van der Waals surface area contributed by atoms with Crippen LogP contribution in [0.1, 0.15) is 0 Å². The Hall–Kier alpha value is -4.04. The molecule has 0 amide bonds. The van der Waals surface area contributed by atoms with E-state index in [0.717, 1.165) is 31.8 Å². The van der Waals surface area contributed by atoms with Crippen LogP contribution in [0.3, 0.4) is 0 Å². The van der Waals surface area contributed by atoms with E-state index in [2.05, 4.69) is 48.5 Å². The molecule has 55 heavy (non-hydrogen) atoms. The van der Waals surface area contributed by atoms with Crippen molar-refractivity contribution >= 4 is 119 Å². The van der Waals surface area contributed by atoms with E-state index in [9.17, 15) is 25.9 Å². The van der Waals surface area contributed by atoms with Gasteiger partial charge in [0.15, 0.2) is 0 Å². The molecule has 2 N–H and O–H groups in total. The molecule has 0 aliphatic carbocycles. The fourth-order valence-electron chi connectivity index (χ4n) is 7.15. The van der Waals surface area contributed by atoms with Gasteiger partial charge in [-0.25, -0.2) is 0 Å². The summed E-state index contributed by atoms with van der Waals surface area (Å²) in [5.41, 5.74) is 1.42. The molecule has 8 rings (SSSR count). The Morgan fingerprint density at radius 3 is 0.891 bits per heavy atom. The Bertz CT molecular complexity index is 2600. The molecule has 0 atom stereocenters. The summed E-state index contributed by atoms with van der Waals surface area (Å²) in [6, 6.07) is 57.7. The van der Waals surface area contributed by atoms with Crippen LogP contribution < -0.4 is 31.8 Å². The van der Waals surface area contributed by atoms with E-state index in [1.54, 1.807) is 24.3 Å². The zero-order valence-electron chi connectivity index (χ0n) is 28.6. The van der Waals surface area contributed by atoms with Gasteiger partial charge < -0.3 is 0 Å². The number of benzene rings is 8. The summed E-state index contributed by atoms with van der Waals surface area (Å²) >= 11 is 0. The monoisotopic (exact) mass is 806 g/mol. The minimum atomic E-state index is -4.65. The van der Waals surface area contributed by atoms with Gasteiger partial charge in [0.05, 0.1) is 0 Å². The summed E-state index contributed by atoms with van der Waals surface area (Å²) in [7, 11) is -11.9. The van der Waals surface area contributed by atoms with Crippen molar-refractivity contribution in [2.24, 2.45) is 0 Å². The predicted octanol–water partition coefficient (Wildman–Crippen LogP) is 7.02. The zero-order chi connectivity index (χ0) is 37.5. The molecule has 8 aromatic rings. The molecule has 0 bridgehead atoms. The van der Waals surface area contributed by atoms with Crippen molar-refractivity contribution in [3.8, 4) is 11.1 Å². The van der Waals surface area contributed by atoms with E-state index in [4.69, 9.17) is 0 Å². The second-order valence-electron chi connectivity index (χ2n) is 12.6. The number of hydrogen-bond donors (Lipinski definition) is 2. The normalized spacial score (nSPS) is 11.9. The van der Waals surface area contributed by atoms with Gasteiger partial charge in [-0.05, 0) is 81.7 Å². The molecule has 8 aromatic carbocycles. The molecule has 0 saturated heterocycles. The molecule has 0 spiro atoms. The van der Waals surface area contributed by atoms with E-state index < -0.39 is 36.1 Å². The molecule has 0 aliphatic rings. The maximum atomic E-state index is 12.9. The van der Waals surface area contributed by atoms with Gasteiger partial charge in [0.2, 0.25) is 0 Å². The second-order valence-corrected chi connectivity index (χ2v) is 19.7. The van der Waals surface area contributed by atoms with Gasteiger partial charge in [0.1, 0.15) is 9.79 Å². The zero-order valence-corrected chi connectivity index (χ0v) is 32.0. The van der Waals surface area contributed by atoms with Crippen molar-refractivity contribution in [2.45, 2.75) is 9.79 Å². The van der Waals surface area contributed by atoms with Crippen molar-refractivity contribution in [3.63, 3.8) is 0 Å². The Balaban J connectivity index is 0.00000465. The van der Waals surface area contributed by atoms with Crippen molar-refractivity contribution in [1.82, 2.24) is 0 Å². The summed E-state index contributed by atoms with van der Waals surface area (Å²) in [4.78, 5) is -0.462. The third kappa shape index (κ3) is 7.73. The number of rotatable bonds is 9. The Labute approximate surface area is 345 Å². The van der Waals surface area contributed by atoms with E-state index >= 15 is 0 Å². The second kappa shape index (κ2) is 16.2.